The molecule has 1 heterocycles. The maximum absolute atomic E-state index is 14.6. The third-order valence-corrected chi connectivity index (χ3v) is 6.31. The van der Waals surface area contributed by atoms with E-state index in [-0.39, 0.29) is 40.5 Å². The van der Waals surface area contributed by atoms with Gasteiger partial charge in [0.05, 0.1) is 19.3 Å². The van der Waals surface area contributed by atoms with Gasteiger partial charge < -0.3 is 19.4 Å². The van der Waals surface area contributed by atoms with Crippen molar-refractivity contribution >= 4 is 51.5 Å². The van der Waals surface area contributed by atoms with Crippen molar-refractivity contribution in [1.29, 1.82) is 0 Å². The molecule has 1 N–H and O–H groups in total. The van der Waals surface area contributed by atoms with E-state index in [0.29, 0.717) is 16.3 Å². The smallest absolute Gasteiger partial charge is 0.432 e. The fraction of sp³-hybridized carbons (Fsp3) is 0.185. The Morgan fingerprint density at radius 1 is 1.00 bits per heavy atom. The van der Waals surface area contributed by atoms with Crippen LogP contribution in [0.2, 0.25) is 10.0 Å². The molecule has 0 saturated heterocycles. The highest BCUT2D eigenvalue weighted by molar-refractivity contribution is 6.48. The van der Waals surface area contributed by atoms with E-state index in [1.165, 1.54) is 55.6 Å². The van der Waals surface area contributed by atoms with Crippen LogP contribution in [0.15, 0.2) is 60.7 Å². The highest BCUT2D eigenvalue weighted by Gasteiger charge is 2.42. The fourth-order valence-corrected chi connectivity index (χ4v) is 4.57. The topological polar surface area (TPSA) is 69.6 Å². The number of benzene rings is 3. The van der Waals surface area contributed by atoms with E-state index in [1.54, 1.807) is 19.1 Å². The van der Waals surface area contributed by atoms with Gasteiger partial charge in [-0.1, -0.05) is 35.3 Å². The summed E-state index contributed by atoms with van der Waals surface area (Å²) in [4.78, 5) is 26.4. The van der Waals surface area contributed by atoms with Crippen molar-refractivity contribution in [2.45, 2.75) is 19.6 Å². The van der Waals surface area contributed by atoms with Crippen LogP contribution in [0, 0.1) is 0 Å². The summed E-state index contributed by atoms with van der Waals surface area (Å²) in [5.74, 6) is -1.96. The van der Waals surface area contributed by atoms with Gasteiger partial charge in [0.2, 0.25) is 0 Å². The van der Waals surface area contributed by atoms with Crippen LogP contribution < -0.4 is 14.8 Å². The number of hydrogen-bond donors (Lipinski definition) is 1. The molecule has 0 bridgehead atoms. The molecule has 4 aromatic rings. The molecule has 0 unspecified atom stereocenters. The lowest BCUT2D eigenvalue weighted by Gasteiger charge is -2.16. The minimum absolute atomic E-state index is 0.0734. The van der Waals surface area contributed by atoms with Gasteiger partial charge in [0.15, 0.2) is 0 Å². The molecular formula is C27H21Cl2F3N2O4. The lowest BCUT2D eigenvalue weighted by atomic mass is 10.0. The zero-order chi connectivity index (χ0) is 27.6. The standard InChI is InChI=1S/C27H21Cl2F3N2O4/c1-3-38-19-9-10-22-20(13-19)23(24(35)26(36)33-17-5-4-6-18(12-17)37-2)25(27(30,31)32)34(22)14-15-7-8-16(28)11-21(15)29/h4-13H,3,14H2,1-2H3,(H,33,36). The number of halogens is 5. The normalized spacial score (nSPS) is 11.4. The van der Waals surface area contributed by atoms with Gasteiger partial charge in [-0.15, -0.1) is 0 Å². The average Bonchev–Trinajstić information content (AvgIpc) is 3.19. The van der Waals surface area contributed by atoms with Crippen LogP contribution >= 0.6 is 23.2 Å². The molecule has 0 saturated carbocycles. The molecule has 1 aromatic heterocycles. The van der Waals surface area contributed by atoms with Gasteiger partial charge in [0, 0.05) is 39.2 Å². The largest absolute Gasteiger partial charge is 0.497 e. The first kappa shape index (κ1) is 27.3. The number of alkyl halides is 3. The van der Waals surface area contributed by atoms with Crippen LogP contribution in [0.1, 0.15) is 28.5 Å². The number of ketones is 1. The number of aromatic nitrogens is 1. The second kappa shape index (κ2) is 11.0. The Morgan fingerprint density at radius 3 is 2.42 bits per heavy atom. The van der Waals surface area contributed by atoms with E-state index in [2.05, 4.69) is 5.32 Å². The molecule has 4 rings (SSSR count). The van der Waals surface area contributed by atoms with Gasteiger partial charge in [-0.05, 0) is 55.0 Å². The van der Waals surface area contributed by atoms with Crippen molar-refractivity contribution in [2.24, 2.45) is 0 Å². The van der Waals surface area contributed by atoms with Gasteiger partial charge in [-0.25, -0.2) is 0 Å². The summed E-state index contributed by atoms with van der Waals surface area (Å²) in [6.45, 7) is 1.63. The number of hydrogen-bond acceptors (Lipinski definition) is 4. The Hall–Kier alpha value is -3.69. The molecule has 0 aliphatic heterocycles. The van der Waals surface area contributed by atoms with Crippen LogP contribution in [0.3, 0.4) is 0 Å². The predicted molar refractivity (Wildman–Crippen MR) is 140 cm³/mol. The molecule has 0 aliphatic rings. The first-order valence-electron chi connectivity index (χ1n) is 11.3. The number of rotatable bonds is 8. The molecule has 38 heavy (non-hydrogen) atoms. The zero-order valence-electron chi connectivity index (χ0n) is 20.2. The third-order valence-electron chi connectivity index (χ3n) is 5.72. The monoisotopic (exact) mass is 564 g/mol. The second-order valence-electron chi connectivity index (χ2n) is 8.17. The maximum atomic E-state index is 14.6. The van der Waals surface area contributed by atoms with Crippen molar-refractivity contribution in [3.63, 3.8) is 0 Å². The van der Waals surface area contributed by atoms with Gasteiger partial charge in [-0.3, -0.25) is 9.59 Å². The van der Waals surface area contributed by atoms with Gasteiger partial charge >= 0.3 is 6.18 Å². The van der Waals surface area contributed by atoms with Crippen molar-refractivity contribution in [1.82, 2.24) is 4.57 Å². The van der Waals surface area contributed by atoms with Gasteiger partial charge in [0.25, 0.3) is 11.7 Å². The van der Waals surface area contributed by atoms with E-state index in [4.69, 9.17) is 32.7 Å². The van der Waals surface area contributed by atoms with E-state index < -0.39 is 29.1 Å². The number of carbonyl (C=O) groups excluding carboxylic acids is 2. The van der Waals surface area contributed by atoms with Gasteiger partial charge in [0.1, 0.15) is 17.2 Å². The number of nitrogens with one attached hydrogen (secondary N) is 1. The van der Waals surface area contributed by atoms with Crippen LogP contribution in [0.25, 0.3) is 10.9 Å². The summed E-state index contributed by atoms with van der Waals surface area (Å²) in [5.41, 5.74) is -1.48. The lowest BCUT2D eigenvalue weighted by Crippen LogP contribution is -2.26. The Kier molecular flexibility index (Phi) is 7.89. The van der Waals surface area contributed by atoms with Crippen molar-refractivity contribution in [3.05, 3.63) is 87.5 Å². The molecule has 1 amide bonds. The molecule has 0 spiro atoms. The average molecular weight is 565 g/mol. The third kappa shape index (κ3) is 5.58. The quantitative estimate of drug-likeness (QED) is 0.181. The molecule has 198 valence electrons. The predicted octanol–water partition coefficient (Wildman–Crippen LogP) is 7.24. The fourth-order valence-electron chi connectivity index (χ4n) is 4.10. The number of ether oxygens (including phenoxy) is 2. The minimum atomic E-state index is -5.00. The lowest BCUT2D eigenvalue weighted by molar-refractivity contribution is -0.143. The highest BCUT2D eigenvalue weighted by Crippen LogP contribution is 2.41. The second-order valence-corrected chi connectivity index (χ2v) is 9.01. The Bertz CT molecular complexity index is 1530. The number of amides is 1. The molecule has 6 nitrogen and oxygen atoms in total. The number of methoxy groups -OCH3 is 1. The molecule has 0 radical (unpaired) electrons. The minimum Gasteiger partial charge on any atom is -0.497 e. The van der Waals surface area contributed by atoms with E-state index >= 15 is 0 Å². The number of nitrogens with zero attached hydrogens (tertiary/aromatic N) is 1. The molecule has 0 atom stereocenters. The highest BCUT2D eigenvalue weighted by atomic mass is 35.5. The van der Waals surface area contributed by atoms with Crippen molar-refractivity contribution in [2.75, 3.05) is 19.0 Å². The summed E-state index contributed by atoms with van der Waals surface area (Å²) >= 11 is 12.2. The number of anilines is 1. The molecule has 0 fully saturated rings. The van der Waals surface area contributed by atoms with Crippen molar-refractivity contribution in [3.8, 4) is 11.5 Å². The Balaban J connectivity index is 1.90. The summed E-state index contributed by atoms with van der Waals surface area (Å²) in [7, 11) is 1.42. The van der Waals surface area contributed by atoms with E-state index in [1.807, 2.05) is 0 Å². The summed E-state index contributed by atoms with van der Waals surface area (Å²) < 4.78 is 55.3. The molecular weight excluding hydrogens is 544 g/mol. The van der Waals surface area contributed by atoms with Crippen LogP contribution in [-0.2, 0) is 17.5 Å². The summed E-state index contributed by atoms with van der Waals surface area (Å²) in [6.07, 6.45) is -5.00. The Labute approximate surface area is 225 Å². The summed E-state index contributed by atoms with van der Waals surface area (Å²) in [6, 6.07) is 14.8. The first-order valence-corrected chi connectivity index (χ1v) is 12.1. The SMILES string of the molecule is CCOc1ccc2c(c1)c(C(=O)C(=O)Nc1cccc(OC)c1)c(C(F)(F)F)n2Cc1ccc(Cl)cc1Cl. The molecule has 0 aliphatic carbocycles. The maximum Gasteiger partial charge on any atom is 0.432 e. The van der Waals surface area contributed by atoms with Crippen LogP contribution in [0.4, 0.5) is 18.9 Å². The molecule has 11 heteroatoms. The van der Waals surface area contributed by atoms with Crippen LogP contribution in [0.5, 0.6) is 11.5 Å². The van der Waals surface area contributed by atoms with E-state index in [9.17, 15) is 22.8 Å². The van der Waals surface area contributed by atoms with E-state index in [0.717, 1.165) is 4.57 Å². The number of fused-ring (bicyclic) bond motifs is 1. The van der Waals surface area contributed by atoms with Crippen molar-refractivity contribution < 1.29 is 32.2 Å². The summed E-state index contributed by atoms with van der Waals surface area (Å²) in [5, 5.41) is 2.75. The Morgan fingerprint density at radius 2 is 1.76 bits per heavy atom. The molecule has 3 aromatic carbocycles. The van der Waals surface area contributed by atoms with Crippen LogP contribution in [-0.4, -0.2) is 30.0 Å². The van der Waals surface area contributed by atoms with Gasteiger partial charge in [-0.2, -0.15) is 13.2 Å². The first-order chi connectivity index (χ1) is 18.0. The zero-order valence-corrected chi connectivity index (χ0v) is 21.7. The number of Topliss-reactive ketones (excluding diaryl/α,β-unsaturated/α-hetero) is 1. The number of carbonyl (C=O) groups is 2.